The van der Waals surface area contributed by atoms with Gasteiger partial charge in [0.15, 0.2) is 6.61 Å². The Hall–Kier alpha value is -2.17. The van der Waals surface area contributed by atoms with E-state index < -0.39 is 11.9 Å². The van der Waals surface area contributed by atoms with Gasteiger partial charge < -0.3 is 10.1 Å². The number of amides is 1. The Morgan fingerprint density at radius 2 is 1.97 bits per heavy atom. The van der Waals surface area contributed by atoms with Crippen molar-refractivity contribution in [3.05, 3.63) is 37.4 Å². The van der Waals surface area contributed by atoms with E-state index in [1.54, 1.807) is 0 Å². The highest BCUT2D eigenvalue weighted by Gasteiger charge is 2.32. The molecule has 0 aromatic carbocycles. The molecule has 0 spiro atoms. The lowest BCUT2D eigenvalue weighted by Gasteiger charge is -2.33. The van der Waals surface area contributed by atoms with Crippen LogP contribution in [0.5, 0.6) is 0 Å². The molecule has 1 N–H and O–H groups in total. The van der Waals surface area contributed by atoms with Crippen LogP contribution in [-0.4, -0.2) is 18.5 Å². The summed E-state index contributed by atoms with van der Waals surface area (Å²) in [6.45, 7) is 6.41. The van der Waals surface area contributed by atoms with E-state index >= 15 is 0 Å². The normalized spacial score (nSPS) is 17.9. The van der Waals surface area contributed by atoms with Crippen LogP contribution in [0.25, 0.3) is 0 Å². The van der Waals surface area contributed by atoms with E-state index in [1.807, 2.05) is 6.07 Å². The summed E-state index contributed by atoms with van der Waals surface area (Å²) in [5.41, 5.74) is 3.10. The van der Waals surface area contributed by atoms with Crippen molar-refractivity contribution in [1.82, 2.24) is 0 Å². The van der Waals surface area contributed by atoms with Gasteiger partial charge in [0.2, 0.25) is 0 Å². The average molecular weight is 457 g/mol. The first-order valence-electron chi connectivity index (χ1n) is 10.9. The maximum atomic E-state index is 12.5. The summed E-state index contributed by atoms with van der Waals surface area (Å²) in [7, 11) is 0. The van der Waals surface area contributed by atoms with Crippen molar-refractivity contribution in [3.8, 4) is 6.07 Å². The lowest BCUT2D eigenvalue weighted by Crippen LogP contribution is -2.26. The molecule has 164 valence electrons. The van der Waals surface area contributed by atoms with Gasteiger partial charge in [0.05, 0.1) is 5.56 Å². The van der Waals surface area contributed by atoms with Gasteiger partial charge in [0.25, 0.3) is 5.91 Å². The van der Waals surface area contributed by atoms with E-state index in [0.29, 0.717) is 21.4 Å². The number of fused-ring (bicyclic) bond motifs is 2. The smallest absolute Gasteiger partial charge is 0.348 e. The second kappa shape index (κ2) is 8.76. The molecule has 7 heteroatoms. The zero-order valence-corrected chi connectivity index (χ0v) is 19.9. The Morgan fingerprint density at radius 3 is 2.68 bits per heavy atom. The van der Waals surface area contributed by atoms with Crippen LogP contribution < -0.4 is 5.32 Å². The number of nitrogens with zero attached hydrogens (tertiary/aromatic N) is 1. The molecule has 1 amide bonds. The number of nitriles is 1. The van der Waals surface area contributed by atoms with Crippen LogP contribution in [0.15, 0.2) is 6.07 Å². The molecule has 2 aromatic heterocycles. The molecule has 0 bridgehead atoms. The number of esters is 1. The number of nitrogens with one attached hydrogen (secondary N) is 1. The molecule has 0 saturated heterocycles. The standard InChI is InChI=1S/C24H28N2O3S2/c1-24(2,3)15-8-9-16-17(12-25)22(31-19(16)11-15)26-21(27)13-29-23(28)20-10-14-6-4-5-7-18(14)30-20/h10,15H,4-9,11,13H2,1-3H3,(H,26,27). The molecular weight excluding hydrogens is 428 g/mol. The first-order valence-corrected chi connectivity index (χ1v) is 12.5. The fraction of sp³-hybridized carbons (Fsp3) is 0.542. The van der Waals surface area contributed by atoms with Gasteiger partial charge in [0.1, 0.15) is 15.9 Å². The molecule has 4 rings (SSSR count). The summed E-state index contributed by atoms with van der Waals surface area (Å²) in [4.78, 5) is 27.9. The minimum absolute atomic E-state index is 0.215. The quantitative estimate of drug-likeness (QED) is 0.616. The number of aryl methyl sites for hydroxylation is 2. The monoisotopic (exact) mass is 456 g/mol. The Balaban J connectivity index is 1.39. The van der Waals surface area contributed by atoms with E-state index in [-0.39, 0.29) is 12.0 Å². The van der Waals surface area contributed by atoms with E-state index in [9.17, 15) is 14.9 Å². The highest BCUT2D eigenvalue weighted by atomic mass is 32.1. The van der Waals surface area contributed by atoms with Crippen molar-refractivity contribution >= 4 is 39.6 Å². The maximum absolute atomic E-state index is 12.5. The summed E-state index contributed by atoms with van der Waals surface area (Å²) in [6, 6.07) is 4.18. The fourth-order valence-electron chi connectivity index (χ4n) is 4.49. The second-order valence-corrected chi connectivity index (χ2v) is 11.8. The van der Waals surface area contributed by atoms with Crippen LogP contribution >= 0.6 is 22.7 Å². The zero-order valence-electron chi connectivity index (χ0n) is 18.3. The minimum Gasteiger partial charge on any atom is -0.451 e. The van der Waals surface area contributed by atoms with Gasteiger partial charge in [-0.05, 0) is 73.5 Å². The van der Waals surface area contributed by atoms with Crippen LogP contribution in [-0.2, 0) is 35.2 Å². The largest absolute Gasteiger partial charge is 0.451 e. The van der Waals surface area contributed by atoms with Crippen LogP contribution in [0, 0.1) is 22.7 Å². The fourth-order valence-corrected chi connectivity index (χ4v) is 6.93. The van der Waals surface area contributed by atoms with Crippen LogP contribution in [0.4, 0.5) is 5.00 Å². The third kappa shape index (κ3) is 4.70. The summed E-state index contributed by atoms with van der Waals surface area (Å²) >= 11 is 2.97. The predicted molar refractivity (Wildman–Crippen MR) is 124 cm³/mol. The summed E-state index contributed by atoms with van der Waals surface area (Å²) in [5.74, 6) is -0.294. The Labute approximate surface area is 191 Å². The Kier molecular flexibility index (Phi) is 6.23. The van der Waals surface area contributed by atoms with Gasteiger partial charge >= 0.3 is 5.97 Å². The summed E-state index contributed by atoms with van der Waals surface area (Å²) in [6.07, 6.45) is 7.20. The molecule has 1 atom stereocenters. The van der Waals surface area contributed by atoms with Crippen LogP contribution in [0.3, 0.4) is 0 Å². The molecule has 2 aliphatic rings. The van der Waals surface area contributed by atoms with E-state index in [0.717, 1.165) is 50.5 Å². The molecule has 1 unspecified atom stereocenters. The summed E-state index contributed by atoms with van der Waals surface area (Å²) in [5, 5.41) is 13.1. The number of hydrogen-bond acceptors (Lipinski definition) is 6. The molecule has 0 radical (unpaired) electrons. The van der Waals surface area contributed by atoms with Gasteiger partial charge in [-0.2, -0.15) is 5.26 Å². The van der Waals surface area contributed by atoms with Crippen molar-refractivity contribution in [1.29, 1.82) is 5.26 Å². The third-order valence-electron chi connectivity index (χ3n) is 6.39. The van der Waals surface area contributed by atoms with Crippen molar-refractivity contribution in [2.75, 3.05) is 11.9 Å². The Morgan fingerprint density at radius 1 is 1.19 bits per heavy atom. The highest BCUT2D eigenvalue weighted by Crippen LogP contribution is 2.44. The average Bonchev–Trinajstić information content (AvgIpc) is 3.31. The van der Waals surface area contributed by atoms with Crippen molar-refractivity contribution < 1.29 is 14.3 Å². The van der Waals surface area contributed by atoms with Gasteiger partial charge in [-0.25, -0.2) is 4.79 Å². The maximum Gasteiger partial charge on any atom is 0.348 e. The number of hydrogen-bond donors (Lipinski definition) is 1. The molecule has 0 aliphatic heterocycles. The second-order valence-electron chi connectivity index (χ2n) is 9.52. The number of ether oxygens (including phenoxy) is 1. The lowest BCUT2D eigenvalue weighted by molar-refractivity contribution is -0.119. The van der Waals surface area contributed by atoms with Crippen LogP contribution in [0.1, 0.15) is 76.2 Å². The third-order valence-corrected chi connectivity index (χ3v) is 8.77. The van der Waals surface area contributed by atoms with Gasteiger partial charge in [-0.3, -0.25) is 4.79 Å². The van der Waals surface area contributed by atoms with Crippen molar-refractivity contribution in [3.63, 3.8) is 0 Å². The molecular formula is C24H28N2O3S2. The number of carbonyl (C=O) groups is 2. The first kappa shape index (κ1) is 22.0. The van der Waals surface area contributed by atoms with Crippen molar-refractivity contribution in [2.24, 2.45) is 11.3 Å². The van der Waals surface area contributed by atoms with Crippen LogP contribution in [0.2, 0.25) is 0 Å². The highest BCUT2D eigenvalue weighted by molar-refractivity contribution is 7.16. The first-order chi connectivity index (χ1) is 14.8. The van der Waals surface area contributed by atoms with E-state index in [2.05, 4.69) is 32.2 Å². The minimum atomic E-state index is -0.450. The molecule has 0 fully saturated rings. The van der Waals surface area contributed by atoms with E-state index in [4.69, 9.17) is 4.74 Å². The van der Waals surface area contributed by atoms with E-state index in [1.165, 1.54) is 38.0 Å². The SMILES string of the molecule is CC(C)(C)C1CCc2c(sc(NC(=O)COC(=O)c3cc4c(s3)CCCC4)c2C#N)C1. The number of anilines is 1. The lowest BCUT2D eigenvalue weighted by atomic mass is 9.72. The summed E-state index contributed by atoms with van der Waals surface area (Å²) < 4.78 is 5.26. The van der Waals surface area contributed by atoms with Gasteiger partial charge in [-0.1, -0.05) is 20.8 Å². The molecule has 2 aliphatic carbocycles. The predicted octanol–water partition coefficient (Wildman–Crippen LogP) is 5.51. The van der Waals surface area contributed by atoms with Gasteiger partial charge in [0, 0.05) is 9.75 Å². The number of thiophene rings is 2. The molecule has 31 heavy (non-hydrogen) atoms. The van der Waals surface area contributed by atoms with Crippen molar-refractivity contribution in [2.45, 2.75) is 65.7 Å². The number of rotatable bonds is 4. The zero-order chi connectivity index (χ0) is 22.2. The number of carbonyl (C=O) groups excluding carboxylic acids is 2. The van der Waals surface area contributed by atoms with Gasteiger partial charge in [-0.15, -0.1) is 22.7 Å². The Bertz CT molecular complexity index is 1030. The topological polar surface area (TPSA) is 79.2 Å². The molecule has 5 nitrogen and oxygen atoms in total. The molecule has 2 heterocycles. The molecule has 2 aromatic rings. The molecule has 0 saturated carbocycles.